The molecule has 0 aliphatic carbocycles. The maximum Gasteiger partial charge on any atom is 0.237 e. The molecule has 3 atom stereocenters. The number of hydrogen-bond donors (Lipinski definition) is 1. The molecule has 1 aromatic heterocycles. The number of nitrogens with one attached hydrogen (secondary N) is 1. The van der Waals surface area contributed by atoms with E-state index in [1.807, 2.05) is 13.1 Å². The molecule has 1 aromatic rings. The van der Waals surface area contributed by atoms with Crippen LogP contribution in [0.2, 0.25) is 0 Å². The minimum absolute atomic E-state index is 0.108. The number of nitrogens with zero attached hydrogens (tertiary/aromatic N) is 4. The largest absolute Gasteiger partial charge is 0.373 e. The molecule has 1 unspecified atom stereocenters. The van der Waals surface area contributed by atoms with Crippen molar-refractivity contribution < 1.29 is 9.53 Å². The summed E-state index contributed by atoms with van der Waals surface area (Å²) in [6, 6.07) is -0.108. The standard InChI is InChI=1S/C19H31N5O2/c1-14-12-24(13-15(2)26-14)16(3)19(25)22-10-17-4-8-23(9-5-17)18-11-20-6-7-21-18/h6-7,11,14-17H,4-5,8-10,12-13H2,1-3H3,(H,22,25)/t14-,15+,16?. The van der Waals surface area contributed by atoms with Gasteiger partial charge in [-0.1, -0.05) is 0 Å². The molecule has 3 rings (SSSR count). The lowest BCUT2D eigenvalue weighted by molar-refractivity contribution is -0.132. The van der Waals surface area contributed by atoms with Gasteiger partial charge in [-0.15, -0.1) is 0 Å². The number of carbonyl (C=O) groups is 1. The van der Waals surface area contributed by atoms with Crippen LogP contribution in [0.1, 0.15) is 33.6 Å². The first-order chi connectivity index (χ1) is 12.5. The van der Waals surface area contributed by atoms with E-state index in [9.17, 15) is 4.79 Å². The third-order valence-corrected chi connectivity index (χ3v) is 5.43. The fraction of sp³-hybridized carbons (Fsp3) is 0.737. The van der Waals surface area contributed by atoms with Crippen LogP contribution in [-0.2, 0) is 9.53 Å². The van der Waals surface area contributed by atoms with Crippen LogP contribution in [0.15, 0.2) is 18.6 Å². The Balaban J connectivity index is 1.41. The molecule has 2 aliphatic rings. The van der Waals surface area contributed by atoms with Crippen molar-refractivity contribution in [3.63, 3.8) is 0 Å². The Bertz CT molecular complexity index is 567. The summed E-state index contributed by atoms with van der Waals surface area (Å²) in [5.74, 6) is 1.60. The van der Waals surface area contributed by atoms with Crippen molar-refractivity contribution in [3.8, 4) is 0 Å². The van der Waals surface area contributed by atoms with Gasteiger partial charge in [-0.05, 0) is 39.5 Å². The first kappa shape index (κ1) is 19.0. The lowest BCUT2D eigenvalue weighted by Gasteiger charge is -2.38. The lowest BCUT2D eigenvalue weighted by Crippen LogP contribution is -2.54. The summed E-state index contributed by atoms with van der Waals surface area (Å²) in [4.78, 5) is 25.6. The van der Waals surface area contributed by atoms with Crippen molar-refractivity contribution in [1.29, 1.82) is 0 Å². The van der Waals surface area contributed by atoms with Crippen LogP contribution in [0.3, 0.4) is 0 Å². The highest BCUT2D eigenvalue weighted by atomic mass is 16.5. The quantitative estimate of drug-likeness (QED) is 0.853. The molecule has 2 fully saturated rings. The third kappa shape index (κ3) is 4.92. The summed E-state index contributed by atoms with van der Waals surface area (Å²) in [6.07, 6.45) is 7.74. The smallest absolute Gasteiger partial charge is 0.237 e. The van der Waals surface area contributed by atoms with E-state index in [2.05, 4.69) is 38.9 Å². The number of amides is 1. The van der Waals surface area contributed by atoms with Gasteiger partial charge in [0.15, 0.2) is 0 Å². The summed E-state index contributed by atoms with van der Waals surface area (Å²) < 4.78 is 5.76. The zero-order chi connectivity index (χ0) is 18.5. The second-order valence-corrected chi connectivity index (χ2v) is 7.63. The molecule has 7 nitrogen and oxygen atoms in total. The molecule has 0 spiro atoms. The van der Waals surface area contributed by atoms with Gasteiger partial charge in [-0.25, -0.2) is 4.98 Å². The molecule has 7 heteroatoms. The molecule has 3 heterocycles. The van der Waals surface area contributed by atoms with E-state index in [-0.39, 0.29) is 24.2 Å². The number of hydrogen-bond acceptors (Lipinski definition) is 6. The van der Waals surface area contributed by atoms with Crippen molar-refractivity contribution in [2.45, 2.75) is 51.9 Å². The minimum Gasteiger partial charge on any atom is -0.373 e. The molecule has 2 saturated heterocycles. The molecular formula is C19H31N5O2. The van der Waals surface area contributed by atoms with Gasteiger partial charge < -0.3 is 15.0 Å². The highest BCUT2D eigenvalue weighted by Crippen LogP contribution is 2.20. The van der Waals surface area contributed by atoms with Crippen molar-refractivity contribution in [2.75, 3.05) is 37.6 Å². The van der Waals surface area contributed by atoms with Crippen LogP contribution in [-0.4, -0.2) is 71.7 Å². The summed E-state index contributed by atoms with van der Waals surface area (Å²) in [7, 11) is 0. The highest BCUT2D eigenvalue weighted by molar-refractivity contribution is 5.81. The first-order valence-corrected chi connectivity index (χ1v) is 9.71. The van der Waals surface area contributed by atoms with E-state index in [4.69, 9.17) is 4.74 Å². The van der Waals surface area contributed by atoms with Gasteiger partial charge in [-0.3, -0.25) is 14.7 Å². The molecule has 2 aliphatic heterocycles. The Kier molecular flexibility index (Phi) is 6.43. The first-order valence-electron chi connectivity index (χ1n) is 9.71. The average molecular weight is 361 g/mol. The number of anilines is 1. The maximum atomic E-state index is 12.6. The fourth-order valence-electron chi connectivity index (χ4n) is 3.91. The van der Waals surface area contributed by atoms with E-state index < -0.39 is 0 Å². The fourth-order valence-corrected chi connectivity index (χ4v) is 3.91. The predicted molar refractivity (Wildman–Crippen MR) is 101 cm³/mol. The van der Waals surface area contributed by atoms with Gasteiger partial charge in [0.2, 0.25) is 5.91 Å². The Labute approximate surface area is 156 Å². The minimum atomic E-state index is -0.108. The molecule has 0 aromatic carbocycles. The van der Waals surface area contributed by atoms with Crippen molar-refractivity contribution >= 4 is 11.7 Å². The topological polar surface area (TPSA) is 70.6 Å². The molecule has 1 N–H and O–H groups in total. The monoisotopic (exact) mass is 361 g/mol. The van der Waals surface area contributed by atoms with Crippen molar-refractivity contribution in [1.82, 2.24) is 20.2 Å². The lowest BCUT2D eigenvalue weighted by atomic mass is 9.96. The molecule has 26 heavy (non-hydrogen) atoms. The Morgan fingerprint density at radius 1 is 1.27 bits per heavy atom. The van der Waals surface area contributed by atoms with Crippen LogP contribution in [0.5, 0.6) is 0 Å². The summed E-state index contributed by atoms with van der Waals surface area (Å²) in [6.45, 7) is 10.4. The molecule has 1 amide bonds. The van der Waals surface area contributed by atoms with E-state index in [0.29, 0.717) is 5.92 Å². The molecule has 144 valence electrons. The Morgan fingerprint density at radius 3 is 2.58 bits per heavy atom. The Morgan fingerprint density at radius 2 is 1.96 bits per heavy atom. The average Bonchev–Trinajstić information content (AvgIpc) is 2.66. The van der Waals surface area contributed by atoms with Gasteiger partial charge >= 0.3 is 0 Å². The number of aromatic nitrogens is 2. The van der Waals surface area contributed by atoms with Gasteiger partial charge in [-0.2, -0.15) is 0 Å². The number of morpholine rings is 1. The highest BCUT2D eigenvalue weighted by Gasteiger charge is 2.29. The zero-order valence-electron chi connectivity index (χ0n) is 16.1. The van der Waals surface area contributed by atoms with Crippen LogP contribution in [0.25, 0.3) is 0 Å². The zero-order valence-corrected chi connectivity index (χ0v) is 16.1. The molecule has 0 saturated carbocycles. The second-order valence-electron chi connectivity index (χ2n) is 7.63. The van der Waals surface area contributed by atoms with E-state index in [1.165, 1.54) is 0 Å². The maximum absolute atomic E-state index is 12.6. The van der Waals surface area contributed by atoms with Crippen molar-refractivity contribution in [3.05, 3.63) is 18.6 Å². The molecule has 0 radical (unpaired) electrons. The number of piperidine rings is 1. The van der Waals surface area contributed by atoms with Gasteiger partial charge in [0.25, 0.3) is 0 Å². The number of rotatable bonds is 5. The van der Waals surface area contributed by atoms with Crippen LogP contribution in [0.4, 0.5) is 5.82 Å². The molecule has 0 bridgehead atoms. The van der Waals surface area contributed by atoms with Crippen LogP contribution < -0.4 is 10.2 Å². The second kappa shape index (κ2) is 8.77. The van der Waals surface area contributed by atoms with E-state index in [1.54, 1.807) is 12.4 Å². The van der Waals surface area contributed by atoms with Crippen LogP contribution in [0, 0.1) is 5.92 Å². The van der Waals surface area contributed by atoms with Gasteiger partial charge in [0.1, 0.15) is 5.82 Å². The summed E-state index contributed by atoms with van der Waals surface area (Å²) in [5.41, 5.74) is 0. The normalized spacial score (nSPS) is 26.5. The predicted octanol–water partition coefficient (Wildman–Crippen LogP) is 1.31. The summed E-state index contributed by atoms with van der Waals surface area (Å²) >= 11 is 0. The van der Waals surface area contributed by atoms with Crippen LogP contribution >= 0.6 is 0 Å². The van der Waals surface area contributed by atoms with E-state index >= 15 is 0 Å². The van der Waals surface area contributed by atoms with Crippen molar-refractivity contribution in [2.24, 2.45) is 5.92 Å². The van der Waals surface area contributed by atoms with E-state index in [0.717, 1.165) is 51.4 Å². The van der Waals surface area contributed by atoms with Gasteiger partial charge in [0.05, 0.1) is 24.4 Å². The van der Waals surface area contributed by atoms with Gasteiger partial charge in [0, 0.05) is 45.1 Å². The molecular weight excluding hydrogens is 330 g/mol. The summed E-state index contributed by atoms with van der Waals surface area (Å²) in [5, 5.41) is 3.17. The Hall–Kier alpha value is -1.73. The third-order valence-electron chi connectivity index (χ3n) is 5.43. The SMILES string of the molecule is CC(C(=O)NCC1CCN(c2cnccn2)CC1)N1C[C@@H](C)O[C@@H](C)C1. The number of ether oxygens (including phenoxy) is 1. The number of carbonyl (C=O) groups excluding carboxylic acids is 1.